The van der Waals surface area contributed by atoms with E-state index in [2.05, 4.69) is 6.92 Å². The molecule has 0 radical (unpaired) electrons. The third-order valence-corrected chi connectivity index (χ3v) is 12.9. The fourth-order valence-electron chi connectivity index (χ4n) is 9.81. The van der Waals surface area contributed by atoms with E-state index in [0.29, 0.717) is 19.3 Å². The van der Waals surface area contributed by atoms with Gasteiger partial charge in [-0.15, -0.1) is 0 Å². The summed E-state index contributed by atoms with van der Waals surface area (Å²) in [4.78, 5) is 16.2. The largest absolute Gasteiger partial charge is 0.459 e. The lowest BCUT2D eigenvalue weighted by atomic mass is 9.77. The molecule has 0 aromatic heterocycles. The number of aliphatic hydroxyl groups is 3. The van der Waals surface area contributed by atoms with Crippen molar-refractivity contribution in [2.75, 3.05) is 21.2 Å². The van der Waals surface area contributed by atoms with Crippen molar-refractivity contribution in [3.8, 4) is 0 Å². The summed E-state index contributed by atoms with van der Waals surface area (Å²) in [6, 6.07) is -0.218. The molecule has 50 heavy (non-hydrogen) atoms. The summed E-state index contributed by atoms with van der Waals surface area (Å²) < 4.78 is 52.3. The van der Waals surface area contributed by atoms with Crippen molar-refractivity contribution in [2.45, 2.75) is 185 Å². The number of ether oxygens (including phenoxy) is 8. The van der Waals surface area contributed by atoms with Crippen LogP contribution in [0.3, 0.4) is 0 Å². The Morgan fingerprint density at radius 1 is 0.920 bits per heavy atom. The molecule has 0 aromatic carbocycles. The van der Waals surface area contributed by atoms with Gasteiger partial charge in [0, 0.05) is 37.3 Å². The first kappa shape index (κ1) is 40.2. The molecule has 290 valence electrons. The van der Waals surface area contributed by atoms with Gasteiger partial charge in [-0.3, -0.25) is 4.79 Å². The van der Waals surface area contributed by atoms with Crippen LogP contribution in [0.1, 0.15) is 94.9 Å². The number of rotatable bonds is 7. The van der Waals surface area contributed by atoms with Crippen molar-refractivity contribution in [1.82, 2.24) is 4.90 Å². The first-order valence-electron chi connectivity index (χ1n) is 18.7. The van der Waals surface area contributed by atoms with Crippen LogP contribution in [-0.2, 0) is 42.7 Å². The van der Waals surface area contributed by atoms with E-state index in [-0.39, 0.29) is 24.5 Å². The van der Waals surface area contributed by atoms with E-state index in [4.69, 9.17) is 37.9 Å². The predicted molar refractivity (Wildman–Crippen MR) is 182 cm³/mol. The van der Waals surface area contributed by atoms with Gasteiger partial charge in [-0.1, -0.05) is 27.7 Å². The minimum atomic E-state index is -1.25. The highest BCUT2D eigenvalue weighted by atomic mass is 16.8. The third-order valence-electron chi connectivity index (χ3n) is 12.9. The highest BCUT2D eigenvalue weighted by Crippen LogP contribution is 2.59. The zero-order valence-corrected chi connectivity index (χ0v) is 32.5. The zero-order chi connectivity index (χ0) is 37.3. The van der Waals surface area contributed by atoms with Gasteiger partial charge in [0.15, 0.2) is 18.4 Å². The number of hydrogen-bond donors (Lipinski definition) is 3. The Morgan fingerprint density at radius 3 is 2.18 bits per heavy atom. The first-order valence-corrected chi connectivity index (χ1v) is 18.7. The van der Waals surface area contributed by atoms with Crippen LogP contribution < -0.4 is 0 Å². The molecule has 0 aromatic rings. The van der Waals surface area contributed by atoms with Crippen molar-refractivity contribution < 1.29 is 58.0 Å². The van der Waals surface area contributed by atoms with Gasteiger partial charge in [-0.25, -0.2) is 0 Å². The third kappa shape index (κ3) is 6.69. The summed E-state index contributed by atoms with van der Waals surface area (Å²) in [5.41, 5.74) is -3.25. The second kappa shape index (κ2) is 14.4. The maximum atomic E-state index is 14.2. The number of methoxy groups -OCH3 is 1. The molecule has 0 unspecified atom stereocenters. The highest BCUT2D eigenvalue weighted by Gasteiger charge is 2.71. The van der Waals surface area contributed by atoms with Crippen LogP contribution >= 0.6 is 0 Å². The molecule has 3 N–H and O–H groups in total. The minimum absolute atomic E-state index is 0.194. The van der Waals surface area contributed by atoms with E-state index in [1.165, 1.54) is 0 Å². The highest BCUT2D eigenvalue weighted by molar-refractivity contribution is 5.73. The van der Waals surface area contributed by atoms with Crippen molar-refractivity contribution in [3.05, 3.63) is 0 Å². The fraction of sp³-hybridized carbons (Fsp3) is 0.973. The topological polar surface area (TPSA) is 155 Å². The van der Waals surface area contributed by atoms with Gasteiger partial charge in [-0.05, 0) is 74.9 Å². The molecule has 0 saturated carbocycles. The molecule has 5 rings (SSSR count). The number of fused-ring (bicyclic) bond motifs is 2. The predicted octanol–water partition coefficient (Wildman–Crippen LogP) is 2.99. The number of nitrogens with zero attached hydrogens (tertiary/aromatic N) is 1. The molecule has 0 aliphatic carbocycles. The summed E-state index contributed by atoms with van der Waals surface area (Å²) in [5.74, 6) is -3.80. The van der Waals surface area contributed by atoms with Gasteiger partial charge in [0.1, 0.15) is 23.9 Å². The second-order valence-corrected chi connectivity index (χ2v) is 16.9. The Kier molecular flexibility index (Phi) is 11.5. The van der Waals surface area contributed by atoms with E-state index in [9.17, 15) is 20.1 Å². The lowest BCUT2D eigenvalue weighted by molar-refractivity contribution is -0.344. The summed E-state index contributed by atoms with van der Waals surface area (Å²) in [5, 5.41) is 34.4. The van der Waals surface area contributed by atoms with E-state index in [0.717, 1.165) is 0 Å². The molecule has 13 nitrogen and oxygen atoms in total. The van der Waals surface area contributed by atoms with Crippen LogP contribution in [0.2, 0.25) is 0 Å². The van der Waals surface area contributed by atoms with Gasteiger partial charge < -0.3 is 58.1 Å². The monoisotopic (exact) mass is 715 g/mol. The number of hydrogen-bond acceptors (Lipinski definition) is 13. The van der Waals surface area contributed by atoms with Crippen molar-refractivity contribution in [2.24, 2.45) is 23.7 Å². The molecule has 5 saturated heterocycles. The lowest BCUT2D eigenvalue weighted by Crippen LogP contribution is -2.61. The fourth-order valence-corrected chi connectivity index (χ4v) is 9.81. The number of aliphatic hydroxyl groups excluding tert-OH is 3. The van der Waals surface area contributed by atoms with Crippen LogP contribution in [-0.4, -0.2) is 137 Å². The quantitative estimate of drug-likeness (QED) is 0.331. The van der Waals surface area contributed by atoms with Gasteiger partial charge in [0.05, 0.1) is 47.6 Å². The summed E-state index contributed by atoms with van der Waals surface area (Å²) >= 11 is 0. The molecule has 0 amide bonds. The Bertz CT molecular complexity index is 1210. The number of esters is 1. The molecular formula is C37H65NO12. The standard InChI is InChI=1S/C37H65NO12/c1-14-25-36(10)29(40)22(6)37(50-36)18(2)16-35(9,49-37)31(48-33-27(39)24(38(11)12)15-19(3)44-33)20(4)28(21(5)32(42)46-25)47-26-17-34(8,43-13)30(41)23(7)45-26/h18-31,33,39-41H,14-17H2,1-13H3/t18-,19-,20+,21-,22-,23+,24+,25-,26+,27-,28+,29-,30+,31-,33+,34-,35-,36-,37+/m0/s1. The maximum absolute atomic E-state index is 14.2. The molecule has 5 aliphatic rings. The first-order chi connectivity index (χ1) is 23.2. The average Bonchev–Trinajstić information content (AvgIpc) is 3.42. The van der Waals surface area contributed by atoms with Crippen LogP contribution in [0.25, 0.3) is 0 Å². The minimum Gasteiger partial charge on any atom is -0.459 e. The van der Waals surface area contributed by atoms with Crippen molar-refractivity contribution in [3.63, 3.8) is 0 Å². The summed E-state index contributed by atoms with van der Waals surface area (Å²) in [7, 11) is 5.39. The molecule has 19 atom stereocenters. The van der Waals surface area contributed by atoms with E-state index in [1.54, 1.807) is 27.9 Å². The Morgan fingerprint density at radius 2 is 1.58 bits per heavy atom. The maximum Gasteiger partial charge on any atom is 0.311 e. The molecule has 3 bridgehead atoms. The normalized spacial score (nSPS) is 54.7. The number of cyclic esters (lactones) is 1. The summed E-state index contributed by atoms with van der Waals surface area (Å²) in [6.07, 6.45) is -6.22. The van der Waals surface area contributed by atoms with Crippen molar-refractivity contribution in [1.29, 1.82) is 0 Å². The smallest absolute Gasteiger partial charge is 0.311 e. The Hall–Kier alpha value is -0.970. The molecule has 5 fully saturated rings. The molecular weight excluding hydrogens is 650 g/mol. The van der Waals surface area contributed by atoms with Crippen molar-refractivity contribution >= 4 is 5.97 Å². The van der Waals surface area contributed by atoms with E-state index >= 15 is 0 Å². The van der Waals surface area contributed by atoms with Crippen LogP contribution in [0, 0.1) is 23.7 Å². The second-order valence-electron chi connectivity index (χ2n) is 16.9. The molecule has 13 heteroatoms. The van der Waals surface area contributed by atoms with Gasteiger partial charge in [-0.2, -0.15) is 0 Å². The lowest BCUT2D eigenvalue weighted by Gasteiger charge is -2.49. The van der Waals surface area contributed by atoms with Crippen LogP contribution in [0.15, 0.2) is 0 Å². The molecule has 5 aliphatic heterocycles. The van der Waals surface area contributed by atoms with Gasteiger partial charge >= 0.3 is 5.97 Å². The Labute approximate surface area is 298 Å². The van der Waals surface area contributed by atoms with Gasteiger partial charge in [0.25, 0.3) is 0 Å². The molecule has 1 spiro atoms. The number of likely N-dealkylation sites (N-methyl/N-ethyl adjacent to an activating group) is 1. The number of carbonyl (C=O) groups is 1. The SMILES string of the molecule is CC[C@@H]1OC(=O)[C@@H](C)[C@H](O[C@@H]2C[C@](C)(OC)[C@H](O)[C@@H](C)O2)[C@@H](C)[C@H](O[C@H]2O[C@@H](C)C[C@@H](N(C)C)[C@@H]2O)[C@]2(C)C[C@H](C)[C@]3(O[C@]1(C)[C@@H](O)[C@@H]3C)O2. The van der Waals surface area contributed by atoms with Gasteiger partial charge in [0.2, 0.25) is 0 Å². The van der Waals surface area contributed by atoms with Crippen LogP contribution in [0.4, 0.5) is 0 Å². The van der Waals surface area contributed by atoms with Crippen LogP contribution in [0.5, 0.6) is 0 Å². The zero-order valence-electron chi connectivity index (χ0n) is 32.5. The van der Waals surface area contributed by atoms with E-state index < -0.39 is 102 Å². The average molecular weight is 716 g/mol. The molecule has 5 heterocycles. The summed E-state index contributed by atoms with van der Waals surface area (Å²) in [6.45, 7) is 18.9. The van der Waals surface area contributed by atoms with E-state index in [1.807, 2.05) is 60.5 Å². The number of carbonyl (C=O) groups excluding carboxylic acids is 1. The Balaban J connectivity index is 1.62.